The Bertz CT molecular complexity index is 100. The van der Waals surface area contributed by atoms with E-state index in [1.54, 1.807) is 12.1 Å². The Morgan fingerprint density at radius 3 is 2.92 bits per heavy atom. The number of rotatable bonds is 4. The molecule has 0 aromatic carbocycles. The van der Waals surface area contributed by atoms with Gasteiger partial charge in [-0.05, 0) is 19.4 Å². The van der Waals surface area contributed by atoms with Crippen molar-refractivity contribution in [2.24, 2.45) is 0 Å². The summed E-state index contributed by atoms with van der Waals surface area (Å²) in [6, 6.07) is 4.59. The van der Waals surface area contributed by atoms with Gasteiger partial charge in [0.05, 0.1) is 6.10 Å². The van der Waals surface area contributed by atoms with Crippen LogP contribution in [-0.2, 0) is 4.74 Å². The Morgan fingerprint density at radius 2 is 2.25 bits per heavy atom. The Labute approximate surface area is 78.1 Å². The van der Waals surface area contributed by atoms with Crippen molar-refractivity contribution < 1.29 is 4.74 Å². The first-order valence-corrected chi connectivity index (χ1v) is 7.93. The van der Waals surface area contributed by atoms with Gasteiger partial charge in [-0.2, -0.15) is 0 Å². The fourth-order valence-corrected chi connectivity index (χ4v) is 5.80. The zero-order valence-electron chi connectivity index (χ0n) is 8.51. The van der Waals surface area contributed by atoms with Crippen molar-refractivity contribution in [1.82, 2.24) is 0 Å². The van der Waals surface area contributed by atoms with E-state index in [-0.39, 0.29) is 8.80 Å². The molecule has 0 saturated carbocycles. The van der Waals surface area contributed by atoms with Gasteiger partial charge in [-0.1, -0.05) is 31.9 Å². The van der Waals surface area contributed by atoms with Gasteiger partial charge in [0.1, 0.15) is 0 Å². The lowest BCUT2D eigenvalue weighted by atomic mass is 10.2. The van der Waals surface area contributed by atoms with Crippen molar-refractivity contribution in [2.45, 2.75) is 57.3 Å². The first-order chi connectivity index (χ1) is 5.86. The van der Waals surface area contributed by atoms with E-state index in [0.29, 0.717) is 6.10 Å². The summed E-state index contributed by atoms with van der Waals surface area (Å²) < 4.78 is 5.69. The van der Waals surface area contributed by atoms with Crippen LogP contribution in [0.5, 0.6) is 0 Å². The molecule has 12 heavy (non-hydrogen) atoms. The molecule has 0 spiro atoms. The standard InChI is InChI=1S/C10H22OSi/c1-3-7-12-8-5-6-10(9-12)11-4-2/h10,12H,3-9H2,1-2H3. The first kappa shape index (κ1) is 10.3. The minimum absolute atomic E-state index is 0.341. The van der Waals surface area contributed by atoms with Crippen LogP contribution < -0.4 is 0 Å². The van der Waals surface area contributed by atoms with Gasteiger partial charge in [-0.3, -0.25) is 0 Å². The van der Waals surface area contributed by atoms with E-state index in [4.69, 9.17) is 4.74 Å². The zero-order valence-corrected chi connectivity index (χ0v) is 9.67. The largest absolute Gasteiger partial charge is 0.379 e. The van der Waals surface area contributed by atoms with Crippen LogP contribution in [0.25, 0.3) is 0 Å². The third-order valence-corrected chi connectivity index (χ3v) is 6.65. The summed E-state index contributed by atoms with van der Waals surface area (Å²) in [7, 11) is -0.341. The highest BCUT2D eigenvalue weighted by atomic mass is 28.3. The molecule has 72 valence electrons. The van der Waals surface area contributed by atoms with Crippen LogP contribution >= 0.6 is 0 Å². The molecule has 1 nitrogen and oxygen atoms in total. The van der Waals surface area contributed by atoms with Crippen LogP contribution in [-0.4, -0.2) is 21.5 Å². The fraction of sp³-hybridized carbons (Fsp3) is 1.00. The smallest absolute Gasteiger partial charge is 0.0549 e. The molecule has 2 unspecified atom stereocenters. The molecule has 0 amide bonds. The molecule has 0 bridgehead atoms. The lowest BCUT2D eigenvalue weighted by Gasteiger charge is -2.27. The van der Waals surface area contributed by atoms with Gasteiger partial charge in [0.2, 0.25) is 0 Å². The highest BCUT2D eigenvalue weighted by Crippen LogP contribution is 2.24. The predicted octanol–water partition coefficient (Wildman–Crippen LogP) is 2.82. The van der Waals surface area contributed by atoms with Crippen LogP contribution in [0.2, 0.25) is 18.1 Å². The zero-order chi connectivity index (χ0) is 8.81. The fourth-order valence-electron chi connectivity index (χ4n) is 2.30. The van der Waals surface area contributed by atoms with E-state index in [0.717, 1.165) is 6.61 Å². The predicted molar refractivity (Wildman–Crippen MR) is 56.5 cm³/mol. The van der Waals surface area contributed by atoms with Crippen molar-refractivity contribution in [3.05, 3.63) is 0 Å². The second-order valence-electron chi connectivity index (χ2n) is 3.90. The molecule has 1 heterocycles. The summed E-state index contributed by atoms with van der Waals surface area (Å²) in [5.74, 6) is 0. The molecule has 0 radical (unpaired) electrons. The topological polar surface area (TPSA) is 9.23 Å². The average molecular weight is 186 g/mol. The summed E-state index contributed by atoms with van der Waals surface area (Å²) in [5, 5.41) is 0. The van der Waals surface area contributed by atoms with Crippen molar-refractivity contribution in [3.8, 4) is 0 Å². The summed E-state index contributed by atoms with van der Waals surface area (Å²) in [6.45, 7) is 5.35. The summed E-state index contributed by atoms with van der Waals surface area (Å²) in [4.78, 5) is 0. The third kappa shape index (κ3) is 3.28. The van der Waals surface area contributed by atoms with Crippen molar-refractivity contribution >= 4 is 8.80 Å². The first-order valence-electron chi connectivity index (χ1n) is 5.48. The molecule has 2 heteroatoms. The Morgan fingerprint density at radius 1 is 1.42 bits per heavy atom. The van der Waals surface area contributed by atoms with Crippen molar-refractivity contribution in [3.63, 3.8) is 0 Å². The van der Waals surface area contributed by atoms with Gasteiger partial charge >= 0.3 is 0 Å². The van der Waals surface area contributed by atoms with Crippen LogP contribution in [0, 0.1) is 0 Å². The summed E-state index contributed by atoms with van der Waals surface area (Å²) in [6.07, 6.45) is 4.82. The molecule has 1 fully saturated rings. The van der Waals surface area contributed by atoms with Crippen molar-refractivity contribution in [1.29, 1.82) is 0 Å². The Balaban J connectivity index is 2.20. The van der Waals surface area contributed by atoms with Gasteiger partial charge < -0.3 is 4.74 Å². The van der Waals surface area contributed by atoms with Crippen LogP contribution in [0.4, 0.5) is 0 Å². The minimum Gasteiger partial charge on any atom is -0.379 e. The van der Waals surface area contributed by atoms with E-state index < -0.39 is 0 Å². The van der Waals surface area contributed by atoms with E-state index in [9.17, 15) is 0 Å². The van der Waals surface area contributed by atoms with Gasteiger partial charge in [-0.15, -0.1) is 0 Å². The Hall–Kier alpha value is 0.177. The lowest BCUT2D eigenvalue weighted by molar-refractivity contribution is 0.0660. The minimum atomic E-state index is -0.341. The lowest BCUT2D eigenvalue weighted by Crippen LogP contribution is -2.27. The monoisotopic (exact) mass is 186 g/mol. The molecular formula is C10H22OSi. The maximum absolute atomic E-state index is 5.69. The van der Waals surface area contributed by atoms with Crippen LogP contribution in [0.1, 0.15) is 33.1 Å². The summed E-state index contributed by atoms with van der Waals surface area (Å²) >= 11 is 0. The molecule has 2 atom stereocenters. The maximum atomic E-state index is 5.69. The third-order valence-electron chi connectivity index (χ3n) is 2.83. The molecule has 0 aromatic heterocycles. The molecule has 1 aliphatic heterocycles. The van der Waals surface area contributed by atoms with Gasteiger partial charge in [0.25, 0.3) is 0 Å². The molecule has 0 N–H and O–H groups in total. The van der Waals surface area contributed by atoms with Crippen molar-refractivity contribution in [2.75, 3.05) is 6.61 Å². The van der Waals surface area contributed by atoms with E-state index in [1.807, 2.05) is 0 Å². The molecule has 0 aliphatic carbocycles. The molecule has 1 rings (SSSR count). The van der Waals surface area contributed by atoms with E-state index in [1.165, 1.54) is 25.3 Å². The molecule has 1 aliphatic rings. The van der Waals surface area contributed by atoms with E-state index in [2.05, 4.69) is 13.8 Å². The SMILES string of the molecule is CCC[SiH]1CCCC(OCC)C1. The van der Waals surface area contributed by atoms with Crippen LogP contribution in [0.3, 0.4) is 0 Å². The Kier molecular flexibility index (Phi) is 4.92. The van der Waals surface area contributed by atoms with Gasteiger partial charge in [0, 0.05) is 15.4 Å². The second kappa shape index (κ2) is 5.76. The highest BCUT2D eigenvalue weighted by Gasteiger charge is 2.22. The average Bonchev–Trinajstić information content (AvgIpc) is 2.06. The normalized spacial score (nSPS) is 30.5. The molecule has 1 saturated heterocycles. The number of hydrogen-bond acceptors (Lipinski definition) is 1. The summed E-state index contributed by atoms with van der Waals surface area (Å²) in [5.41, 5.74) is 0. The highest BCUT2D eigenvalue weighted by molar-refractivity contribution is 6.59. The molecule has 0 aromatic rings. The van der Waals surface area contributed by atoms with Gasteiger partial charge in [-0.25, -0.2) is 0 Å². The van der Waals surface area contributed by atoms with E-state index >= 15 is 0 Å². The second-order valence-corrected chi connectivity index (χ2v) is 7.26. The quantitative estimate of drug-likeness (QED) is 0.614. The molecular weight excluding hydrogens is 164 g/mol. The number of hydrogen-bond donors (Lipinski definition) is 0. The van der Waals surface area contributed by atoms with Gasteiger partial charge in [0.15, 0.2) is 0 Å². The maximum Gasteiger partial charge on any atom is 0.0549 e. The number of ether oxygens (including phenoxy) is 1. The van der Waals surface area contributed by atoms with Crippen LogP contribution in [0.15, 0.2) is 0 Å².